The van der Waals surface area contributed by atoms with Gasteiger partial charge < -0.3 is 11.1 Å². The molecule has 2 heteroatoms. The van der Waals surface area contributed by atoms with Crippen LogP contribution in [-0.2, 0) is 6.42 Å². The van der Waals surface area contributed by atoms with Crippen LogP contribution in [0.15, 0.2) is 54.6 Å². The van der Waals surface area contributed by atoms with Gasteiger partial charge in [-0.2, -0.15) is 0 Å². The number of aryl methyl sites for hydroxylation is 1. The first-order valence-corrected chi connectivity index (χ1v) is 6.34. The zero-order valence-electron chi connectivity index (χ0n) is 10.8. The molecular formula is C16H20N2. The fourth-order valence-corrected chi connectivity index (χ4v) is 2.00. The molecule has 0 aliphatic carbocycles. The summed E-state index contributed by atoms with van der Waals surface area (Å²) in [6.45, 7) is 2.89. The molecule has 0 aliphatic rings. The average molecular weight is 240 g/mol. The minimum atomic E-state index is 0.131. The Hall–Kier alpha value is -1.80. The number of anilines is 1. The van der Waals surface area contributed by atoms with Gasteiger partial charge in [-0.05, 0) is 30.5 Å². The van der Waals surface area contributed by atoms with E-state index in [1.54, 1.807) is 0 Å². The summed E-state index contributed by atoms with van der Waals surface area (Å²) in [5.41, 5.74) is 9.85. The molecule has 0 fully saturated rings. The highest BCUT2D eigenvalue weighted by Crippen LogP contribution is 2.13. The van der Waals surface area contributed by atoms with Crippen LogP contribution in [0.1, 0.15) is 11.1 Å². The van der Waals surface area contributed by atoms with Crippen LogP contribution in [0, 0.1) is 6.92 Å². The van der Waals surface area contributed by atoms with Gasteiger partial charge in [-0.3, -0.25) is 0 Å². The van der Waals surface area contributed by atoms with Crippen molar-refractivity contribution < 1.29 is 0 Å². The summed E-state index contributed by atoms with van der Waals surface area (Å²) in [4.78, 5) is 0. The van der Waals surface area contributed by atoms with Crippen LogP contribution in [0.2, 0.25) is 0 Å². The molecule has 1 unspecified atom stereocenters. The molecule has 3 N–H and O–H groups in total. The van der Waals surface area contributed by atoms with Gasteiger partial charge in [0, 0.05) is 18.3 Å². The fraction of sp³-hybridized carbons (Fsp3) is 0.250. The summed E-state index contributed by atoms with van der Waals surface area (Å²) in [5.74, 6) is 0. The minimum absolute atomic E-state index is 0.131. The third-order valence-corrected chi connectivity index (χ3v) is 3.04. The van der Waals surface area contributed by atoms with Crippen molar-refractivity contribution in [1.29, 1.82) is 0 Å². The number of para-hydroxylation sites is 1. The second-order valence-corrected chi connectivity index (χ2v) is 4.65. The number of rotatable bonds is 5. The molecule has 0 heterocycles. The van der Waals surface area contributed by atoms with Gasteiger partial charge in [0.15, 0.2) is 0 Å². The Morgan fingerprint density at radius 1 is 1.00 bits per heavy atom. The molecule has 94 valence electrons. The highest BCUT2D eigenvalue weighted by atomic mass is 14.9. The lowest BCUT2D eigenvalue weighted by atomic mass is 10.1. The fourth-order valence-electron chi connectivity index (χ4n) is 2.00. The molecule has 1 atom stereocenters. The number of benzene rings is 2. The molecular weight excluding hydrogens is 220 g/mol. The van der Waals surface area contributed by atoms with Crippen LogP contribution < -0.4 is 11.1 Å². The van der Waals surface area contributed by atoms with Crippen LogP contribution in [0.4, 0.5) is 5.69 Å². The van der Waals surface area contributed by atoms with Crippen molar-refractivity contribution in [2.24, 2.45) is 5.73 Å². The van der Waals surface area contributed by atoms with Crippen molar-refractivity contribution in [2.45, 2.75) is 19.4 Å². The van der Waals surface area contributed by atoms with E-state index >= 15 is 0 Å². The van der Waals surface area contributed by atoms with Gasteiger partial charge in [0.25, 0.3) is 0 Å². The topological polar surface area (TPSA) is 38.0 Å². The Morgan fingerprint density at radius 3 is 2.39 bits per heavy atom. The number of nitrogens with one attached hydrogen (secondary N) is 1. The molecule has 0 saturated carbocycles. The first kappa shape index (κ1) is 12.7. The van der Waals surface area contributed by atoms with Gasteiger partial charge in [-0.15, -0.1) is 0 Å². The molecule has 0 aliphatic heterocycles. The molecule has 2 nitrogen and oxygen atoms in total. The van der Waals surface area contributed by atoms with E-state index < -0.39 is 0 Å². The molecule has 2 aromatic carbocycles. The molecule has 2 aromatic rings. The largest absolute Gasteiger partial charge is 0.383 e. The molecule has 0 saturated heterocycles. The standard InChI is InChI=1S/C16H20N2/c1-13-7-5-6-10-16(13)18-12-15(17)11-14-8-3-2-4-9-14/h2-10,15,18H,11-12,17H2,1H3. The maximum absolute atomic E-state index is 6.14. The zero-order valence-corrected chi connectivity index (χ0v) is 10.8. The van der Waals surface area contributed by atoms with E-state index in [2.05, 4.69) is 48.6 Å². The SMILES string of the molecule is Cc1ccccc1NCC(N)Cc1ccccc1. The van der Waals surface area contributed by atoms with Crippen molar-refractivity contribution in [3.8, 4) is 0 Å². The third-order valence-electron chi connectivity index (χ3n) is 3.04. The predicted octanol–water partition coefficient (Wildman–Crippen LogP) is 2.98. The lowest BCUT2D eigenvalue weighted by Crippen LogP contribution is -2.31. The van der Waals surface area contributed by atoms with Gasteiger partial charge in [0.1, 0.15) is 0 Å². The van der Waals surface area contributed by atoms with E-state index in [0.717, 1.165) is 13.0 Å². The molecule has 0 radical (unpaired) electrons. The second kappa shape index (κ2) is 6.22. The summed E-state index contributed by atoms with van der Waals surface area (Å²) >= 11 is 0. The van der Waals surface area contributed by atoms with Crippen LogP contribution >= 0.6 is 0 Å². The molecule has 2 rings (SSSR count). The van der Waals surface area contributed by atoms with Crippen LogP contribution in [0.3, 0.4) is 0 Å². The Morgan fingerprint density at radius 2 is 1.67 bits per heavy atom. The van der Waals surface area contributed by atoms with E-state index in [1.165, 1.54) is 16.8 Å². The van der Waals surface area contributed by atoms with Crippen LogP contribution in [0.5, 0.6) is 0 Å². The molecule has 0 bridgehead atoms. The van der Waals surface area contributed by atoms with Crippen molar-refractivity contribution >= 4 is 5.69 Å². The summed E-state index contributed by atoms with van der Waals surface area (Å²) < 4.78 is 0. The summed E-state index contributed by atoms with van der Waals surface area (Å²) in [6, 6.07) is 18.8. The maximum Gasteiger partial charge on any atom is 0.0370 e. The van der Waals surface area contributed by atoms with Crippen molar-refractivity contribution in [3.63, 3.8) is 0 Å². The van der Waals surface area contributed by atoms with E-state index in [1.807, 2.05) is 18.2 Å². The van der Waals surface area contributed by atoms with E-state index in [9.17, 15) is 0 Å². The number of hydrogen-bond donors (Lipinski definition) is 2. The Kier molecular flexibility index (Phi) is 4.37. The quantitative estimate of drug-likeness (QED) is 0.843. The summed E-state index contributed by atoms with van der Waals surface area (Å²) in [5, 5.41) is 3.41. The van der Waals surface area contributed by atoms with Crippen LogP contribution in [0.25, 0.3) is 0 Å². The lowest BCUT2D eigenvalue weighted by Gasteiger charge is -2.15. The van der Waals surface area contributed by atoms with Crippen molar-refractivity contribution in [3.05, 3.63) is 65.7 Å². The highest BCUT2D eigenvalue weighted by Gasteiger charge is 2.04. The summed E-state index contributed by atoms with van der Waals surface area (Å²) in [7, 11) is 0. The van der Waals surface area contributed by atoms with E-state index in [0.29, 0.717) is 0 Å². The predicted molar refractivity (Wildman–Crippen MR) is 77.8 cm³/mol. The molecule has 0 amide bonds. The Balaban J connectivity index is 1.86. The number of nitrogens with two attached hydrogens (primary N) is 1. The second-order valence-electron chi connectivity index (χ2n) is 4.65. The van der Waals surface area contributed by atoms with Crippen molar-refractivity contribution in [1.82, 2.24) is 0 Å². The number of hydrogen-bond acceptors (Lipinski definition) is 2. The average Bonchev–Trinajstić information content (AvgIpc) is 2.39. The minimum Gasteiger partial charge on any atom is -0.383 e. The van der Waals surface area contributed by atoms with Gasteiger partial charge >= 0.3 is 0 Å². The Bertz CT molecular complexity index is 479. The maximum atomic E-state index is 6.14. The van der Waals surface area contributed by atoms with Gasteiger partial charge in [0.05, 0.1) is 0 Å². The van der Waals surface area contributed by atoms with Crippen LogP contribution in [-0.4, -0.2) is 12.6 Å². The zero-order chi connectivity index (χ0) is 12.8. The first-order chi connectivity index (χ1) is 8.75. The highest BCUT2D eigenvalue weighted by molar-refractivity contribution is 5.50. The summed E-state index contributed by atoms with van der Waals surface area (Å²) in [6.07, 6.45) is 0.903. The first-order valence-electron chi connectivity index (χ1n) is 6.34. The van der Waals surface area contributed by atoms with Gasteiger partial charge in [-0.25, -0.2) is 0 Å². The molecule has 0 aromatic heterocycles. The lowest BCUT2D eigenvalue weighted by molar-refractivity contribution is 0.699. The normalized spacial score (nSPS) is 12.1. The van der Waals surface area contributed by atoms with E-state index in [4.69, 9.17) is 5.73 Å². The van der Waals surface area contributed by atoms with Gasteiger partial charge in [-0.1, -0.05) is 48.5 Å². The van der Waals surface area contributed by atoms with E-state index in [-0.39, 0.29) is 6.04 Å². The van der Waals surface area contributed by atoms with Gasteiger partial charge in [0.2, 0.25) is 0 Å². The smallest absolute Gasteiger partial charge is 0.0370 e. The van der Waals surface area contributed by atoms with Crippen molar-refractivity contribution in [2.75, 3.05) is 11.9 Å². The Labute approximate surface area is 109 Å². The molecule has 18 heavy (non-hydrogen) atoms. The molecule has 0 spiro atoms. The third kappa shape index (κ3) is 3.60. The monoisotopic (exact) mass is 240 g/mol.